The Kier molecular flexibility index (Phi) is 4.73. The lowest BCUT2D eigenvalue weighted by Gasteiger charge is -2.30. The van der Waals surface area contributed by atoms with Crippen molar-refractivity contribution in [2.45, 2.75) is 6.10 Å². The molecule has 1 unspecified atom stereocenters. The number of nitrogens with zero attached hydrogens (tertiary/aromatic N) is 2. The molecule has 5 nitrogen and oxygen atoms in total. The van der Waals surface area contributed by atoms with Gasteiger partial charge in [0.25, 0.3) is 5.91 Å². The van der Waals surface area contributed by atoms with Crippen molar-refractivity contribution in [1.82, 2.24) is 4.90 Å². The van der Waals surface area contributed by atoms with Gasteiger partial charge in [0.2, 0.25) is 0 Å². The van der Waals surface area contributed by atoms with Crippen LogP contribution >= 0.6 is 0 Å². The van der Waals surface area contributed by atoms with E-state index in [1.807, 2.05) is 12.1 Å². The van der Waals surface area contributed by atoms with Gasteiger partial charge in [-0.1, -0.05) is 24.0 Å². The van der Waals surface area contributed by atoms with Gasteiger partial charge >= 0.3 is 0 Å². The predicted octanol–water partition coefficient (Wildman–Crippen LogP) is 0.361. The monoisotopic (exact) mass is 269 g/mol. The molecule has 2 rings (SSSR count). The number of carbonyl (C=O) groups excluding carboxylic acids is 1. The minimum Gasteiger partial charge on any atom is -0.360 e. The van der Waals surface area contributed by atoms with Crippen LogP contribution in [-0.2, 0) is 4.74 Å². The molecule has 0 aromatic heterocycles. The average molecular weight is 269 g/mol. The number of benzene rings is 1. The first-order chi connectivity index (χ1) is 9.76. The first-order valence-electron chi connectivity index (χ1n) is 6.34. The van der Waals surface area contributed by atoms with Crippen LogP contribution in [0.15, 0.2) is 24.3 Å². The number of carbonyl (C=O) groups is 1. The molecule has 0 spiro atoms. The maximum absolute atomic E-state index is 12.5. The van der Waals surface area contributed by atoms with Crippen molar-refractivity contribution in [1.29, 1.82) is 5.26 Å². The molecular formula is C15H15N3O2. The number of rotatable bonds is 1. The molecule has 1 saturated heterocycles. The molecule has 102 valence electrons. The highest BCUT2D eigenvalue weighted by Crippen LogP contribution is 2.14. The van der Waals surface area contributed by atoms with Gasteiger partial charge in [0, 0.05) is 12.1 Å². The van der Waals surface area contributed by atoms with Gasteiger partial charge in [-0.3, -0.25) is 4.79 Å². The van der Waals surface area contributed by atoms with Crippen LogP contribution in [0.5, 0.6) is 0 Å². The second-order valence-corrected chi connectivity index (χ2v) is 4.29. The number of nitriles is 1. The molecule has 1 aromatic rings. The summed E-state index contributed by atoms with van der Waals surface area (Å²) in [5.74, 6) is 5.52. The second-order valence-electron chi connectivity index (χ2n) is 4.29. The van der Waals surface area contributed by atoms with E-state index in [1.54, 1.807) is 23.1 Å². The van der Waals surface area contributed by atoms with Crippen LogP contribution in [0.4, 0.5) is 0 Å². The van der Waals surface area contributed by atoms with E-state index in [2.05, 4.69) is 11.8 Å². The topological polar surface area (TPSA) is 79.4 Å². The van der Waals surface area contributed by atoms with E-state index in [-0.39, 0.29) is 19.0 Å². The van der Waals surface area contributed by atoms with E-state index < -0.39 is 6.10 Å². The standard InChI is InChI=1S/C15H15N3O2/c16-7-3-5-12-4-1-2-6-14(12)15(19)18-8-9-20-13(10-17)11-18/h1-2,4,6,13H,7-9,11,16H2. The predicted molar refractivity (Wildman–Crippen MR) is 73.6 cm³/mol. The van der Waals surface area contributed by atoms with Crippen LogP contribution in [0.25, 0.3) is 0 Å². The molecule has 1 amide bonds. The summed E-state index contributed by atoms with van der Waals surface area (Å²) in [6, 6.07) is 9.18. The van der Waals surface area contributed by atoms with E-state index in [4.69, 9.17) is 15.7 Å². The summed E-state index contributed by atoms with van der Waals surface area (Å²) < 4.78 is 5.24. The van der Waals surface area contributed by atoms with Crippen molar-refractivity contribution < 1.29 is 9.53 Å². The molecule has 1 atom stereocenters. The van der Waals surface area contributed by atoms with Crippen LogP contribution < -0.4 is 5.73 Å². The second kappa shape index (κ2) is 6.72. The Morgan fingerprint density at radius 1 is 1.50 bits per heavy atom. The number of morpholine rings is 1. The highest BCUT2D eigenvalue weighted by atomic mass is 16.5. The number of hydrogen-bond acceptors (Lipinski definition) is 4. The minimum absolute atomic E-state index is 0.129. The van der Waals surface area contributed by atoms with Crippen molar-refractivity contribution in [2.24, 2.45) is 5.73 Å². The van der Waals surface area contributed by atoms with Crippen molar-refractivity contribution >= 4 is 5.91 Å². The zero-order valence-electron chi connectivity index (χ0n) is 11.0. The van der Waals surface area contributed by atoms with E-state index in [1.165, 1.54) is 0 Å². The summed E-state index contributed by atoms with van der Waals surface area (Å²) in [6.45, 7) is 1.39. The quantitative estimate of drug-likeness (QED) is 0.747. The number of amides is 1. The molecule has 1 aromatic carbocycles. The summed E-state index contributed by atoms with van der Waals surface area (Å²) >= 11 is 0. The molecule has 1 aliphatic heterocycles. The molecule has 0 bridgehead atoms. The van der Waals surface area contributed by atoms with Gasteiger partial charge < -0.3 is 15.4 Å². The normalized spacial score (nSPS) is 17.8. The fraction of sp³-hybridized carbons (Fsp3) is 0.333. The van der Waals surface area contributed by atoms with Crippen LogP contribution in [0.1, 0.15) is 15.9 Å². The van der Waals surface area contributed by atoms with Gasteiger partial charge in [-0.25, -0.2) is 0 Å². The highest BCUT2D eigenvalue weighted by Gasteiger charge is 2.25. The summed E-state index contributed by atoms with van der Waals surface area (Å²) in [5.41, 5.74) is 6.55. The van der Waals surface area contributed by atoms with Crippen LogP contribution in [-0.4, -0.2) is 43.2 Å². The van der Waals surface area contributed by atoms with Crippen molar-refractivity contribution in [2.75, 3.05) is 26.2 Å². The molecule has 5 heteroatoms. The van der Waals surface area contributed by atoms with Gasteiger partial charge in [-0.2, -0.15) is 5.26 Å². The third kappa shape index (κ3) is 3.16. The van der Waals surface area contributed by atoms with Crippen LogP contribution in [0, 0.1) is 23.2 Å². The van der Waals surface area contributed by atoms with Gasteiger partial charge in [0.15, 0.2) is 6.10 Å². The van der Waals surface area contributed by atoms with Crippen molar-refractivity contribution in [3.05, 3.63) is 35.4 Å². The van der Waals surface area contributed by atoms with Crippen LogP contribution in [0.2, 0.25) is 0 Å². The summed E-state index contributed by atoms with van der Waals surface area (Å²) in [4.78, 5) is 14.1. The molecule has 2 N–H and O–H groups in total. The van der Waals surface area contributed by atoms with E-state index >= 15 is 0 Å². The maximum Gasteiger partial charge on any atom is 0.255 e. The average Bonchev–Trinajstić information content (AvgIpc) is 2.52. The highest BCUT2D eigenvalue weighted by molar-refractivity contribution is 5.96. The molecule has 0 aliphatic carbocycles. The molecule has 0 radical (unpaired) electrons. The zero-order valence-corrected chi connectivity index (χ0v) is 11.0. The summed E-state index contributed by atoms with van der Waals surface area (Å²) in [7, 11) is 0. The van der Waals surface area contributed by atoms with E-state index in [0.717, 1.165) is 0 Å². The van der Waals surface area contributed by atoms with Gasteiger partial charge in [-0.05, 0) is 12.1 Å². The Labute approximate surface area is 117 Å². The Bertz CT molecular complexity index is 595. The number of nitrogens with two attached hydrogens (primary N) is 1. The third-order valence-electron chi connectivity index (χ3n) is 2.98. The molecule has 1 aliphatic rings. The lowest BCUT2D eigenvalue weighted by molar-refractivity contribution is 0.00345. The lowest BCUT2D eigenvalue weighted by Crippen LogP contribution is -2.45. The summed E-state index contributed by atoms with van der Waals surface area (Å²) in [5, 5.41) is 8.88. The molecular weight excluding hydrogens is 254 g/mol. The largest absolute Gasteiger partial charge is 0.360 e. The van der Waals surface area contributed by atoms with Crippen molar-refractivity contribution in [3.63, 3.8) is 0 Å². The van der Waals surface area contributed by atoms with Gasteiger partial charge in [0.05, 0.1) is 31.3 Å². The van der Waals surface area contributed by atoms with E-state index in [9.17, 15) is 4.79 Å². The number of hydrogen-bond donors (Lipinski definition) is 1. The van der Waals surface area contributed by atoms with Gasteiger partial charge in [0.1, 0.15) is 0 Å². The Morgan fingerprint density at radius 3 is 3.05 bits per heavy atom. The summed E-state index contributed by atoms with van der Waals surface area (Å²) in [6.07, 6.45) is -0.560. The maximum atomic E-state index is 12.5. The van der Waals surface area contributed by atoms with Gasteiger partial charge in [-0.15, -0.1) is 0 Å². The van der Waals surface area contributed by atoms with Crippen molar-refractivity contribution in [3.8, 4) is 17.9 Å². The third-order valence-corrected chi connectivity index (χ3v) is 2.98. The zero-order chi connectivity index (χ0) is 14.4. The first kappa shape index (κ1) is 14.1. The fourth-order valence-electron chi connectivity index (χ4n) is 2.01. The molecule has 0 saturated carbocycles. The molecule has 20 heavy (non-hydrogen) atoms. The fourth-order valence-corrected chi connectivity index (χ4v) is 2.01. The molecule has 1 heterocycles. The lowest BCUT2D eigenvalue weighted by atomic mass is 10.1. The van der Waals surface area contributed by atoms with Crippen LogP contribution in [0.3, 0.4) is 0 Å². The number of ether oxygens (including phenoxy) is 1. The van der Waals surface area contributed by atoms with E-state index in [0.29, 0.717) is 24.3 Å². The Hall–Kier alpha value is -2.34. The minimum atomic E-state index is -0.560. The smallest absolute Gasteiger partial charge is 0.255 e. The first-order valence-corrected chi connectivity index (χ1v) is 6.34. The Balaban J connectivity index is 2.23. The Morgan fingerprint density at radius 2 is 2.30 bits per heavy atom. The SMILES string of the molecule is N#CC1CN(C(=O)c2ccccc2C#CCN)CCO1. The molecule has 1 fully saturated rings.